The molecular formula is C51H80N5O7P. The number of allylic oxidation sites excluding steroid dienone is 3. The van der Waals surface area contributed by atoms with E-state index in [9.17, 15) is 24.3 Å². The number of hydrogen-bond donors (Lipinski definition) is 4. The van der Waals surface area contributed by atoms with Gasteiger partial charge >= 0.3 is 5.97 Å². The summed E-state index contributed by atoms with van der Waals surface area (Å²) in [6.07, 6.45) is 8.82. The van der Waals surface area contributed by atoms with Crippen LogP contribution in [0.1, 0.15) is 139 Å². The highest BCUT2D eigenvalue weighted by atomic mass is 31.1. The average molecular weight is 906 g/mol. The van der Waals surface area contributed by atoms with Crippen molar-refractivity contribution in [2.75, 3.05) is 13.2 Å². The molecule has 12 nitrogen and oxygen atoms in total. The van der Waals surface area contributed by atoms with E-state index in [-0.39, 0.29) is 43.2 Å². The quantitative estimate of drug-likeness (QED) is 0.0776. The molecule has 2 aromatic rings. The molecule has 3 aliphatic rings. The molecule has 1 aliphatic heterocycles. The summed E-state index contributed by atoms with van der Waals surface area (Å²) < 4.78 is 12.9. The normalized spacial score (nSPS) is 21.0. The number of aliphatic carboxylic acids is 1. The summed E-state index contributed by atoms with van der Waals surface area (Å²) in [5, 5.41) is 20.7. The number of benzene rings is 1. The second kappa shape index (κ2) is 25.1. The molecule has 1 aromatic carbocycles. The second-order valence-electron chi connectivity index (χ2n) is 18.2. The number of fused-ring (bicyclic) bond motifs is 1. The summed E-state index contributed by atoms with van der Waals surface area (Å²) in [6.45, 7) is 39.3. The zero-order valence-electron chi connectivity index (χ0n) is 41.4. The zero-order valence-corrected chi connectivity index (χ0v) is 42.4. The summed E-state index contributed by atoms with van der Waals surface area (Å²) in [5.41, 5.74) is 2.52. The van der Waals surface area contributed by atoms with Crippen LogP contribution in [0.2, 0.25) is 0 Å². The number of ether oxygens (including phenoxy) is 2. The number of pyridine rings is 1. The number of carboxylic acids is 1. The summed E-state index contributed by atoms with van der Waals surface area (Å²) >= 11 is 0. The monoisotopic (exact) mass is 906 g/mol. The van der Waals surface area contributed by atoms with Crippen molar-refractivity contribution in [3.05, 3.63) is 72.9 Å². The minimum Gasteiger partial charge on any atom is -0.488 e. The number of likely N-dealkylation sites (tertiary alicyclic amines) is 1. The first-order valence-corrected chi connectivity index (χ1v) is 24.6. The van der Waals surface area contributed by atoms with Crippen LogP contribution in [-0.4, -0.2) is 81.7 Å². The van der Waals surface area contributed by atoms with Gasteiger partial charge in [-0.1, -0.05) is 102 Å². The average Bonchev–Trinajstić information content (AvgIpc) is 3.48. The second-order valence-corrected chi connectivity index (χ2v) is 19.2. The number of nitrogens with one attached hydrogen (secondary N) is 3. The smallest absolute Gasteiger partial charge is 0.330 e. The van der Waals surface area contributed by atoms with Gasteiger partial charge in [0.2, 0.25) is 17.7 Å². The maximum Gasteiger partial charge on any atom is 0.330 e. The Balaban J connectivity index is 0.000000878. The third-order valence-corrected chi connectivity index (χ3v) is 12.4. The number of nitrogens with zero attached hydrogens (tertiary/aromatic N) is 2. The van der Waals surface area contributed by atoms with Crippen molar-refractivity contribution in [3.8, 4) is 5.75 Å². The van der Waals surface area contributed by atoms with E-state index >= 15 is 0 Å². The number of carbonyl (C=O) groups is 4. The first-order chi connectivity index (χ1) is 30.1. The highest BCUT2D eigenvalue weighted by Gasteiger charge is 2.61. The number of amides is 3. The molecule has 13 heteroatoms. The molecule has 1 saturated heterocycles. The van der Waals surface area contributed by atoms with Gasteiger partial charge in [-0.2, -0.15) is 0 Å². The minimum absolute atomic E-state index is 0.0301. The SMILES string of the molecule is C=C(C)NC(=O)C(C)C.C=CC1CC1(NC(=O)C1CC(Oc2cc(/C(C)=C/C)nc3c(PC)c(C)ccc23)CN1C(=O)C(NC(=C)OC1CCCC1)C(C)(C)C)C(=O)O.CC.CCC. The van der Waals surface area contributed by atoms with Crippen molar-refractivity contribution in [2.45, 2.75) is 165 Å². The molecule has 4 N–H and O–H groups in total. The molecule has 5 rings (SSSR count). The van der Waals surface area contributed by atoms with Crippen LogP contribution >= 0.6 is 8.58 Å². The standard InChI is InChI=1S/C39H53N4O6P.C7H13NO.C3H8.C2H6/c1-10-22(3)29-19-31(28-17-16-23(4)33(50-9)32(28)41-29)49-27-18-30(35(44)42-39(37(46)47)20-25(39)11-2)43(21-27)36(45)34(38(6,7)8)40-24(5)48-26-14-12-13-15-26;1-5(2)7(9)8-6(3)4;1-3-2;1-2/h10-11,16-17,19,25-27,30,34,40,50H,2,5,12-15,18,20-21H2,1,3-4,6-9H3,(H,42,44)(H,46,47);5H,3H2,1-2,4H3,(H,8,9);3H2,1-2H3;1-2H3/b22-10+;;;. The van der Waals surface area contributed by atoms with Gasteiger partial charge in [0.15, 0.2) is 5.88 Å². The molecule has 6 atom stereocenters. The van der Waals surface area contributed by atoms with Crippen molar-refractivity contribution in [1.82, 2.24) is 25.8 Å². The van der Waals surface area contributed by atoms with Gasteiger partial charge in [-0.15, -0.1) is 6.58 Å². The first kappa shape index (κ1) is 55.4. The maximum absolute atomic E-state index is 14.6. The molecule has 2 aliphatic carbocycles. The van der Waals surface area contributed by atoms with Gasteiger partial charge < -0.3 is 35.4 Å². The number of carboxylic acid groups (broad SMARTS) is 1. The fourth-order valence-corrected chi connectivity index (χ4v) is 8.47. The molecule has 3 fully saturated rings. The molecule has 3 amide bonds. The van der Waals surface area contributed by atoms with Crippen LogP contribution < -0.4 is 26.0 Å². The van der Waals surface area contributed by atoms with Gasteiger partial charge in [0, 0.05) is 40.7 Å². The number of hydrogen-bond acceptors (Lipinski definition) is 8. The number of aromatic nitrogens is 1. The fraction of sp³-hybridized carbons (Fsp3) is 0.588. The maximum atomic E-state index is 14.6. The van der Waals surface area contributed by atoms with Crippen LogP contribution in [0.25, 0.3) is 16.5 Å². The highest BCUT2D eigenvalue weighted by Crippen LogP contribution is 2.45. The van der Waals surface area contributed by atoms with Crippen LogP contribution in [0.3, 0.4) is 0 Å². The van der Waals surface area contributed by atoms with Crippen LogP contribution in [0, 0.1) is 24.2 Å². The third kappa shape index (κ3) is 14.7. The molecule has 64 heavy (non-hydrogen) atoms. The molecule has 2 heterocycles. The Morgan fingerprint density at radius 1 is 1.08 bits per heavy atom. The van der Waals surface area contributed by atoms with Crippen molar-refractivity contribution in [3.63, 3.8) is 0 Å². The number of carbonyl (C=O) groups excluding carboxylic acids is 3. The Hall–Kier alpha value is -4.70. The molecule has 356 valence electrons. The zero-order chi connectivity index (χ0) is 48.7. The molecule has 0 spiro atoms. The summed E-state index contributed by atoms with van der Waals surface area (Å²) in [6, 6.07) is 4.27. The van der Waals surface area contributed by atoms with Gasteiger partial charge in [-0.05, 0) is 95.7 Å². The third-order valence-electron chi connectivity index (χ3n) is 11.3. The lowest BCUT2D eigenvalue weighted by Gasteiger charge is -2.36. The van der Waals surface area contributed by atoms with Gasteiger partial charge in [0.05, 0.1) is 17.8 Å². The van der Waals surface area contributed by atoms with Gasteiger partial charge in [-0.25, -0.2) is 9.78 Å². The lowest BCUT2D eigenvalue weighted by atomic mass is 9.85. The van der Waals surface area contributed by atoms with E-state index < -0.39 is 46.9 Å². The molecular weight excluding hydrogens is 826 g/mol. The molecule has 1 aromatic heterocycles. The lowest BCUT2D eigenvalue weighted by molar-refractivity contribution is -0.146. The van der Waals surface area contributed by atoms with Gasteiger partial charge in [0.25, 0.3) is 0 Å². The van der Waals surface area contributed by atoms with Crippen LogP contribution in [0.5, 0.6) is 5.75 Å². The Bertz CT molecular complexity index is 2000. The molecule has 2 saturated carbocycles. The van der Waals surface area contributed by atoms with Crippen molar-refractivity contribution in [2.24, 2.45) is 17.3 Å². The van der Waals surface area contributed by atoms with E-state index in [0.717, 1.165) is 58.7 Å². The van der Waals surface area contributed by atoms with E-state index in [2.05, 4.69) is 69.2 Å². The predicted molar refractivity (Wildman–Crippen MR) is 265 cm³/mol. The lowest BCUT2D eigenvalue weighted by Crippen LogP contribution is -2.58. The van der Waals surface area contributed by atoms with E-state index in [0.29, 0.717) is 25.9 Å². The summed E-state index contributed by atoms with van der Waals surface area (Å²) in [4.78, 5) is 58.4. The van der Waals surface area contributed by atoms with Crippen LogP contribution in [-0.2, 0) is 23.9 Å². The molecule has 0 radical (unpaired) electrons. The molecule has 0 bridgehead atoms. The van der Waals surface area contributed by atoms with Crippen molar-refractivity contribution >= 4 is 54.1 Å². The van der Waals surface area contributed by atoms with Crippen molar-refractivity contribution < 1.29 is 33.8 Å². The van der Waals surface area contributed by atoms with Gasteiger partial charge in [0.1, 0.15) is 35.6 Å². The van der Waals surface area contributed by atoms with E-state index in [4.69, 9.17) is 14.5 Å². The Labute approximate surface area is 386 Å². The first-order valence-electron chi connectivity index (χ1n) is 23.1. The largest absolute Gasteiger partial charge is 0.488 e. The van der Waals surface area contributed by atoms with E-state index in [1.807, 2.05) is 80.5 Å². The fourth-order valence-electron chi connectivity index (χ4n) is 7.57. The number of rotatable bonds is 15. The van der Waals surface area contributed by atoms with E-state index in [1.54, 1.807) is 13.0 Å². The molecule has 6 unspecified atom stereocenters. The highest BCUT2D eigenvalue weighted by molar-refractivity contribution is 7.47. The summed E-state index contributed by atoms with van der Waals surface area (Å²) in [7, 11) is 0.527. The van der Waals surface area contributed by atoms with Crippen LogP contribution in [0.4, 0.5) is 0 Å². The Kier molecular flexibility index (Phi) is 21.8. The number of aryl methyl sites for hydroxylation is 1. The van der Waals surface area contributed by atoms with Crippen LogP contribution in [0.15, 0.2) is 61.7 Å². The summed E-state index contributed by atoms with van der Waals surface area (Å²) in [5.74, 6) is -1.32. The Morgan fingerprint density at radius 2 is 1.69 bits per heavy atom. The predicted octanol–water partition coefficient (Wildman–Crippen LogP) is 9.56. The topological polar surface area (TPSA) is 159 Å². The van der Waals surface area contributed by atoms with Gasteiger partial charge in [-0.3, -0.25) is 14.4 Å². The van der Waals surface area contributed by atoms with Crippen molar-refractivity contribution in [1.29, 1.82) is 0 Å². The minimum atomic E-state index is -1.44. The van der Waals surface area contributed by atoms with E-state index in [1.165, 1.54) is 11.3 Å². The Morgan fingerprint density at radius 3 is 2.16 bits per heavy atom.